The second kappa shape index (κ2) is 4.66. The number of carbonyl (C=O) groups excluding carboxylic acids is 1. The summed E-state index contributed by atoms with van der Waals surface area (Å²) in [6, 6.07) is 6.57. The fourth-order valence-corrected chi connectivity index (χ4v) is 3.69. The van der Waals surface area contributed by atoms with Crippen LogP contribution < -0.4 is 5.32 Å². The van der Waals surface area contributed by atoms with Crippen LogP contribution >= 0.6 is 0 Å². The van der Waals surface area contributed by atoms with Crippen molar-refractivity contribution in [3.63, 3.8) is 0 Å². The molecule has 0 radical (unpaired) electrons. The molecular formula is C17H23NO. The molecule has 0 unspecified atom stereocenters. The highest BCUT2D eigenvalue weighted by molar-refractivity contribution is 5.97. The van der Waals surface area contributed by atoms with Gasteiger partial charge in [0.25, 0.3) is 5.91 Å². The Morgan fingerprint density at radius 1 is 1.16 bits per heavy atom. The summed E-state index contributed by atoms with van der Waals surface area (Å²) in [5.74, 6) is 0.594. The van der Waals surface area contributed by atoms with E-state index in [9.17, 15) is 4.79 Å². The first kappa shape index (κ1) is 12.7. The number of hydrogen-bond acceptors (Lipinski definition) is 1. The van der Waals surface area contributed by atoms with E-state index in [2.05, 4.69) is 37.4 Å². The van der Waals surface area contributed by atoms with Crippen molar-refractivity contribution in [1.29, 1.82) is 0 Å². The highest BCUT2D eigenvalue weighted by atomic mass is 16.1. The van der Waals surface area contributed by atoms with Crippen molar-refractivity contribution in [2.24, 2.45) is 0 Å². The number of fused-ring (bicyclic) bond motifs is 2. The van der Waals surface area contributed by atoms with Crippen LogP contribution in [-0.4, -0.2) is 12.5 Å². The minimum absolute atomic E-state index is 0.119. The van der Waals surface area contributed by atoms with Crippen LogP contribution in [0.3, 0.4) is 0 Å². The van der Waals surface area contributed by atoms with Gasteiger partial charge in [-0.3, -0.25) is 4.79 Å². The lowest BCUT2D eigenvalue weighted by molar-refractivity contribution is 0.0912. The third-order valence-electron chi connectivity index (χ3n) is 4.92. The molecule has 2 aliphatic rings. The molecule has 2 nitrogen and oxygen atoms in total. The summed E-state index contributed by atoms with van der Waals surface area (Å²) in [7, 11) is 0. The number of hydrogen-bond donors (Lipinski definition) is 1. The summed E-state index contributed by atoms with van der Waals surface area (Å²) in [6.45, 7) is 5.19. The zero-order valence-corrected chi connectivity index (χ0v) is 12.0. The predicted octanol–water partition coefficient (Wildman–Crippen LogP) is 3.76. The lowest BCUT2D eigenvalue weighted by atomic mass is 9.66. The van der Waals surface area contributed by atoms with Crippen LogP contribution in [0.1, 0.15) is 73.4 Å². The Balaban J connectivity index is 2.08. The Morgan fingerprint density at radius 3 is 2.58 bits per heavy atom. The monoisotopic (exact) mass is 257 g/mol. The fourth-order valence-electron chi connectivity index (χ4n) is 3.69. The molecule has 0 bridgehead atoms. The molecule has 1 spiro atoms. The van der Waals surface area contributed by atoms with E-state index < -0.39 is 0 Å². The smallest absolute Gasteiger partial charge is 0.251 e. The average molecular weight is 257 g/mol. The zero-order valence-electron chi connectivity index (χ0n) is 12.0. The fraction of sp³-hybridized carbons (Fsp3) is 0.588. The number of amides is 1. The van der Waals surface area contributed by atoms with E-state index in [1.165, 1.54) is 43.2 Å². The lowest BCUT2D eigenvalue weighted by Gasteiger charge is -2.42. The first-order valence-corrected chi connectivity index (χ1v) is 7.55. The molecule has 0 aromatic heterocycles. The third kappa shape index (κ3) is 2.07. The van der Waals surface area contributed by atoms with Gasteiger partial charge in [0.15, 0.2) is 0 Å². The summed E-state index contributed by atoms with van der Waals surface area (Å²) < 4.78 is 0. The van der Waals surface area contributed by atoms with Gasteiger partial charge < -0.3 is 5.32 Å². The van der Waals surface area contributed by atoms with Gasteiger partial charge in [-0.15, -0.1) is 0 Å². The number of nitrogens with one attached hydrogen (secondary N) is 1. The molecule has 1 aromatic carbocycles. The Bertz CT molecular complexity index is 498. The van der Waals surface area contributed by atoms with Crippen molar-refractivity contribution in [2.75, 3.05) is 6.54 Å². The van der Waals surface area contributed by atoms with Crippen LogP contribution in [0.25, 0.3) is 0 Å². The number of carbonyl (C=O) groups is 1. The Hall–Kier alpha value is -1.31. The van der Waals surface area contributed by atoms with Gasteiger partial charge in [0, 0.05) is 17.5 Å². The molecule has 0 saturated heterocycles. The van der Waals surface area contributed by atoms with E-state index >= 15 is 0 Å². The van der Waals surface area contributed by atoms with Crippen molar-refractivity contribution in [3.05, 3.63) is 34.9 Å². The molecule has 19 heavy (non-hydrogen) atoms. The molecule has 1 saturated carbocycles. The summed E-state index contributed by atoms with van der Waals surface area (Å²) in [5.41, 5.74) is 3.72. The molecule has 2 heteroatoms. The molecule has 1 aliphatic heterocycles. The minimum atomic E-state index is 0.119. The van der Waals surface area contributed by atoms with Crippen molar-refractivity contribution < 1.29 is 4.79 Å². The first-order valence-electron chi connectivity index (χ1n) is 7.55. The van der Waals surface area contributed by atoms with Crippen LogP contribution in [0.5, 0.6) is 0 Å². The summed E-state index contributed by atoms with van der Waals surface area (Å²) >= 11 is 0. The predicted molar refractivity (Wildman–Crippen MR) is 77.6 cm³/mol. The summed E-state index contributed by atoms with van der Waals surface area (Å²) in [6.07, 6.45) is 6.38. The van der Waals surface area contributed by atoms with Crippen LogP contribution in [-0.2, 0) is 5.41 Å². The average Bonchev–Trinajstić information content (AvgIpc) is 2.44. The first-order chi connectivity index (χ1) is 9.12. The van der Waals surface area contributed by atoms with Gasteiger partial charge in [0.05, 0.1) is 0 Å². The molecule has 1 N–H and O–H groups in total. The SMILES string of the molecule is CC(C)c1ccc2c(c1)C(=O)NCC21CCCCC1. The standard InChI is InChI=1S/C17H23NO/c1-12(2)13-6-7-15-14(10-13)16(19)18-11-17(15)8-4-3-5-9-17/h6-7,10,12H,3-5,8-9,11H2,1-2H3,(H,18,19). The Kier molecular flexibility index (Phi) is 3.12. The molecule has 1 fully saturated rings. The van der Waals surface area contributed by atoms with E-state index in [1.54, 1.807) is 0 Å². The van der Waals surface area contributed by atoms with Gasteiger partial charge in [-0.2, -0.15) is 0 Å². The van der Waals surface area contributed by atoms with Crippen molar-refractivity contribution in [2.45, 2.75) is 57.3 Å². The highest BCUT2D eigenvalue weighted by Crippen LogP contribution is 2.42. The normalized spacial score (nSPS) is 21.3. The Morgan fingerprint density at radius 2 is 1.89 bits per heavy atom. The second-order valence-electron chi connectivity index (χ2n) is 6.48. The molecule has 1 aromatic rings. The maximum atomic E-state index is 12.2. The largest absolute Gasteiger partial charge is 0.351 e. The van der Waals surface area contributed by atoms with Gasteiger partial charge in [-0.25, -0.2) is 0 Å². The van der Waals surface area contributed by atoms with Gasteiger partial charge in [0.1, 0.15) is 0 Å². The molecule has 102 valence electrons. The van der Waals surface area contributed by atoms with Crippen molar-refractivity contribution in [3.8, 4) is 0 Å². The van der Waals surface area contributed by atoms with Gasteiger partial charge in [-0.05, 0) is 36.0 Å². The van der Waals surface area contributed by atoms with E-state index in [-0.39, 0.29) is 11.3 Å². The van der Waals surface area contributed by atoms with Gasteiger partial charge in [-0.1, -0.05) is 45.2 Å². The molecule has 3 rings (SSSR count). The van der Waals surface area contributed by atoms with Crippen LogP contribution in [0.15, 0.2) is 18.2 Å². The van der Waals surface area contributed by atoms with E-state index in [0.717, 1.165) is 12.1 Å². The van der Waals surface area contributed by atoms with E-state index in [0.29, 0.717) is 5.92 Å². The number of rotatable bonds is 1. The Labute approximate surface area is 115 Å². The van der Waals surface area contributed by atoms with E-state index in [1.807, 2.05) is 0 Å². The molecule has 1 aliphatic carbocycles. The van der Waals surface area contributed by atoms with Crippen molar-refractivity contribution in [1.82, 2.24) is 5.32 Å². The molecular weight excluding hydrogens is 234 g/mol. The minimum Gasteiger partial charge on any atom is -0.351 e. The van der Waals surface area contributed by atoms with Crippen LogP contribution in [0, 0.1) is 0 Å². The van der Waals surface area contributed by atoms with Gasteiger partial charge >= 0.3 is 0 Å². The lowest BCUT2D eigenvalue weighted by Crippen LogP contribution is -2.48. The molecule has 1 amide bonds. The topological polar surface area (TPSA) is 29.1 Å². The molecule has 1 heterocycles. The van der Waals surface area contributed by atoms with E-state index in [4.69, 9.17) is 0 Å². The summed E-state index contributed by atoms with van der Waals surface area (Å²) in [4.78, 5) is 12.2. The maximum absolute atomic E-state index is 12.2. The van der Waals surface area contributed by atoms with Crippen LogP contribution in [0.4, 0.5) is 0 Å². The quantitative estimate of drug-likeness (QED) is 0.815. The maximum Gasteiger partial charge on any atom is 0.251 e. The number of benzene rings is 1. The highest BCUT2D eigenvalue weighted by Gasteiger charge is 2.40. The van der Waals surface area contributed by atoms with Crippen molar-refractivity contribution >= 4 is 5.91 Å². The van der Waals surface area contributed by atoms with Gasteiger partial charge in [0.2, 0.25) is 0 Å². The van der Waals surface area contributed by atoms with Crippen LogP contribution in [0.2, 0.25) is 0 Å². The summed E-state index contributed by atoms with van der Waals surface area (Å²) in [5, 5.41) is 3.13. The molecule has 0 atom stereocenters. The third-order valence-corrected chi connectivity index (χ3v) is 4.92. The second-order valence-corrected chi connectivity index (χ2v) is 6.48. The zero-order chi connectivity index (χ0) is 13.5.